The van der Waals surface area contributed by atoms with Gasteiger partial charge in [0, 0.05) is 38.6 Å². The molecule has 0 bridgehead atoms. The molecule has 1 aliphatic rings. The number of hydrogen-bond donors (Lipinski definition) is 0. The molecular formula is C16H17FN4O2. The predicted molar refractivity (Wildman–Crippen MR) is 82.7 cm³/mol. The number of benzene rings is 1. The first kappa shape index (κ1) is 15.2. The maximum Gasteiger partial charge on any atom is 0.260 e. The van der Waals surface area contributed by atoms with Crippen molar-refractivity contribution in [2.24, 2.45) is 0 Å². The number of ether oxygens (including phenoxy) is 1. The maximum atomic E-state index is 13.5. The van der Waals surface area contributed by atoms with Gasteiger partial charge in [0.1, 0.15) is 0 Å². The van der Waals surface area contributed by atoms with Crippen molar-refractivity contribution < 1.29 is 13.9 Å². The van der Waals surface area contributed by atoms with E-state index < -0.39 is 5.82 Å². The lowest BCUT2D eigenvalue weighted by atomic mass is 10.3. The van der Waals surface area contributed by atoms with Gasteiger partial charge in [0.2, 0.25) is 5.95 Å². The zero-order valence-corrected chi connectivity index (χ0v) is 12.6. The van der Waals surface area contributed by atoms with Crippen molar-refractivity contribution in [3.05, 3.63) is 48.5 Å². The Labute approximate surface area is 133 Å². The summed E-state index contributed by atoms with van der Waals surface area (Å²) in [4.78, 5) is 24.3. The molecule has 0 saturated carbocycles. The van der Waals surface area contributed by atoms with Gasteiger partial charge in [-0.3, -0.25) is 4.79 Å². The molecule has 2 aromatic rings. The van der Waals surface area contributed by atoms with Crippen LogP contribution in [-0.2, 0) is 4.79 Å². The number of aromatic nitrogens is 2. The average Bonchev–Trinajstić information content (AvgIpc) is 2.62. The molecule has 0 radical (unpaired) electrons. The lowest BCUT2D eigenvalue weighted by Crippen LogP contribution is -2.50. The summed E-state index contributed by atoms with van der Waals surface area (Å²) in [5.41, 5.74) is 0. The van der Waals surface area contributed by atoms with Gasteiger partial charge in [-0.1, -0.05) is 12.1 Å². The normalized spacial score (nSPS) is 14.7. The van der Waals surface area contributed by atoms with Gasteiger partial charge in [0.05, 0.1) is 0 Å². The minimum Gasteiger partial charge on any atom is -0.481 e. The largest absolute Gasteiger partial charge is 0.481 e. The first-order valence-electron chi connectivity index (χ1n) is 7.41. The van der Waals surface area contributed by atoms with E-state index in [1.165, 1.54) is 12.1 Å². The van der Waals surface area contributed by atoms with Crippen LogP contribution in [0.25, 0.3) is 0 Å². The quantitative estimate of drug-likeness (QED) is 0.852. The van der Waals surface area contributed by atoms with Gasteiger partial charge in [-0.2, -0.15) is 0 Å². The lowest BCUT2D eigenvalue weighted by Gasteiger charge is -2.34. The van der Waals surface area contributed by atoms with E-state index in [-0.39, 0.29) is 18.3 Å². The molecule has 0 unspecified atom stereocenters. The van der Waals surface area contributed by atoms with Gasteiger partial charge in [0.25, 0.3) is 5.91 Å². The highest BCUT2D eigenvalue weighted by atomic mass is 19.1. The zero-order chi connectivity index (χ0) is 16.1. The fraction of sp³-hybridized carbons (Fsp3) is 0.312. The Hall–Kier alpha value is -2.70. The number of halogens is 1. The van der Waals surface area contributed by atoms with Crippen molar-refractivity contribution in [3.63, 3.8) is 0 Å². The second kappa shape index (κ2) is 7.04. The number of carbonyl (C=O) groups excluding carboxylic acids is 1. The molecule has 7 heteroatoms. The highest BCUT2D eigenvalue weighted by Gasteiger charge is 2.22. The van der Waals surface area contributed by atoms with Crippen LogP contribution in [0.3, 0.4) is 0 Å². The molecule has 0 N–H and O–H groups in total. The molecule has 1 aliphatic heterocycles. The number of para-hydroxylation sites is 1. The van der Waals surface area contributed by atoms with E-state index in [4.69, 9.17) is 4.74 Å². The Morgan fingerprint density at radius 2 is 1.78 bits per heavy atom. The number of carbonyl (C=O) groups is 1. The molecule has 3 rings (SSSR count). The molecule has 1 aromatic carbocycles. The van der Waals surface area contributed by atoms with Crippen LogP contribution < -0.4 is 9.64 Å². The van der Waals surface area contributed by atoms with Crippen LogP contribution in [0.2, 0.25) is 0 Å². The van der Waals surface area contributed by atoms with E-state index in [0.717, 1.165) is 0 Å². The van der Waals surface area contributed by atoms with E-state index in [0.29, 0.717) is 32.1 Å². The first-order chi connectivity index (χ1) is 11.2. The Morgan fingerprint density at radius 3 is 2.48 bits per heavy atom. The molecule has 1 saturated heterocycles. The molecule has 6 nitrogen and oxygen atoms in total. The van der Waals surface area contributed by atoms with Crippen LogP contribution in [-0.4, -0.2) is 53.6 Å². The molecule has 0 aliphatic carbocycles. The van der Waals surface area contributed by atoms with Gasteiger partial charge >= 0.3 is 0 Å². The van der Waals surface area contributed by atoms with E-state index in [9.17, 15) is 9.18 Å². The second-order valence-electron chi connectivity index (χ2n) is 5.14. The maximum absolute atomic E-state index is 13.5. The molecule has 0 spiro atoms. The Bertz CT molecular complexity index is 660. The fourth-order valence-electron chi connectivity index (χ4n) is 2.40. The predicted octanol–water partition coefficient (Wildman–Crippen LogP) is 1.34. The summed E-state index contributed by atoms with van der Waals surface area (Å²) in [6, 6.07) is 7.82. The first-order valence-corrected chi connectivity index (χ1v) is 7.41. The third kappa shape index (κ3) is 3.74. The van der Waals surface area contributed by atoms with Crippen molar-refractivity contribution >= 4 is 11.9 Å². The number of rotatable bonds is 4. The monoisotopic (exact) mass is 316 g/mol. The van der Waals surface area contributed by atoms with Crippen molar-refractivity contribution in [2.45, 2.75) is 0 Å². The van der Waals surface area contributed by atoms with Gasteiger partial charge in [-0.25, -0.2) is 14.4 Å². The van der Waals surface area contributed by atoms with Crippen LogP contribution in [0, 0.1) is 5.82 Å². The Morgan fingerprint density at radius 1 is 1.09 bits per heavy atom. The van der Waals surface area contributed by atoms with Crippen molar-refractivity contribution in [1.82, 2.24) is 14.9 Å². The standard InChI is InChI=1S/C16H17FN4O2/c17-13-4-1-2-5-14(13)23-12-15(22)20-8-10-21(11-9-20)16-18-6-3-7-19-16/h1-7H,8-12H2. The van der Waals surface area contributed by atoms with Crippen LogP contribution in [0.4, 0.5) is 10.3 Å². The van der Waals surface area contributed by atoms with E-state index in [1.807, 2.05) is 4.90 Å². The molecular weight excluding hydrogens is 299 g/mol. The summed E-state index contributed by atoms with van der Waals surface area (Å²) < 4.78 is 18.7. The number of nitrogens with zero attached hydrogens (tertiary/aromatic N) is 4. The molecule has 23 heavy (non-hydrogen) atoms. The minimum absolute atomic E-state index is 0.0946. The molecule has 0 atom stereocenters. The zero-order valence-electron chi connectivity index (χ0n) is 12.6. The smallest absolute Gasteiger partial charge is 0.260 e. The van der Waals surface area contributed by atoms with Gasteiger partial charge in [-0.05, 0) is 18.2 Å². The molecule has 1 aromatic heterocycles. The second-order valence-corrected chi connectivity index (χ2v) is 5.14. The van der Waals surface area contributed by atoms with E-state index >= 15 is 0 Å². The highest BCUT2D eigenvalue weighted by Crippen LogP contribution is 2.16. The Balaban J connectivity index is 1.50. The molecule has 120 valence electrons. The summed E-state index contributed by atoms with van der Waals surface area (Å²) in [5.74, 6) is 0.146. The number of hydrogen-bond acceptors (Lipinski definition) is 5. The number of amides is 1. The van der Waals surface area contributed by atoms with Crippen LogP contribution in [0.15, 0.2) is 42.7 Å². The van der Waals surface area contributed by atoms with E-state index in [2.05, 4.69) is 9.97 Å². The van der Waals surface area contributed by atoms with Crippen LogP contribution in [0.1, 0.15) is 0 Å². The minimum atomic E-state index is -0.466. The molecule has 2 heterocycles. The summed E-state index contributed by atoms with van der Waals surface area (Å²) >= 11 is 0. The van der Waals surface area contributed by atoms with Gasteiger partial charge in [-0.15, -0.1) is 0 Å². The van der Waals surface area contributed by atoms with Crippen molar-refractivity contribution in [1.29, 1.82) is 0 Å². The number of piperazine rings is 1. The molecule has 1 amide bonds. The van der Waals surface area contributed by atoms with Crippen LogP contribution >= 0.6 is 0 Å². The fourth-order valence-corrected chi connectivity index (χ4v) is 2.40. The summed E-state index contributed by atoms with van der Waals surface area (Å²) in [6.07, 6.45) is 3.39. The lowest BCUT2D eigenvalue weighted by molar-refractivity contribution is -0.133. The Kier molecular flexibility index (Phi) is 4.65. The third-order valence-electron chi connectivity index (χ3n) is 3.66. The summed E-state index contributed by atoms with van der Waals surface area (Å²) in [6.45, 7) is 2.29. The van der Waals surface area contributed by atoms with Crippen molar-refractivity contribution in [2.75, 3.05) is 37.7 Å². The average molecular weight is 316 g/mol. The SMILES string of the molecule is O=C(COc1ccccc1F)N1CCN(c2ncccn2)CC1. The van der Waals surface area contributed by atoms with E-state index in [1.54, 1.807) is 35.5 Å². The molecule has 1 fully saturated rings. The highest BCUT2D eigenvalue weighted by molar-refractivity contribution is 5.78. The van der Waals surface area contributed by atoms with Crippen molar-refractivity contribution in [3.8, 4) is 5.75 Å². The van der Waals surface area contributed by atoms with Crippen LogP contribution in [0.5, 0.6) is 5.75 Å². The topological polar surface area (TPSA) is 58.6 Å². The summed E-state index contributed by atoms with van der Waals surface area (Å²) in [5, 5.41) is 0. The summed E-state index contributed by atoms with van der Waals surface area (Å²) in [7, 11) is 0. The van der Waals surface area contributed by atoms with Gasteiger partial charge < -0.3 is 14.5 Å². The van der Waals surface area contributed by atoms with Gasteiger partial charge in [0.15, 0.2) is 18.2 Å². The number of anilines is 1. The third-order valence-corrected chi connectivity index (χ3v) is 3.66.